The van der Waals surface area contributed by atoms with Gasteiger partial charge in [-0.05, 0) is 11.6 Å². The summed E-state index contributed by atoms with van der Waals surface area (Å²) in [5, 5.41) is 0.466. The Bertz CT molecular complexity index is 455. The molecule has 1 amide bonds. The van der Waals surface area contributed by atoms with Gasteiger partial charge in [0, 0.05) is 19.3 Å². The van der Waals surface area contributed by atoms with Gasteiger partial charge in [-0.3, -0.25) is 4.79 Å². The molecular weight excluding hydrogens is 256 g/mol. The first-order valence-corrected chi connectivity index (χ1v) is 6.00. The largest absolute Gasteiger partial charge is 0.377 e. The zero-order valence-corrected chi connectivity index (χ0v) is 10.6. The van der Waals surface area contributed by atoms with E-state index in [-0.39, 0.29) is 6.61 Å². The molecule has 4 N–H and O–H groups in total. The Morgan fingerprint density at radius 3 is 3.11 bits per heavy atom. The molecule has 0 spiro atoms. The van der Waals surface area contributed by atoms with Crippen LogP contribution in [0.5, 0.6) is 0 Å². The minimum Gasteiger partial charge on any atom is -0.377 e. The highest BCUT2D eigenvalue weighted by Gasteiger charge is 2.30. The van der Waals surface area contributed by atoms with Crippen LogP contribution in [0.2, 0.25) is 5.02 Å². The van der Waals surface area contributed by atoms with Crippen LogP contribution in [0.1, 0.15) is 5.56 Å². The van der Waals surface area contributed by atoms with Crippen molar-refractivity contribution in [3.63, 3.8) is 0 Å². The van der Waals surface area contributed by atoms with Gasteiger partial charge in [0.25, 0.3) is 0 Å². The second-order valence-electron chi connectivity index (χ2n) is 4.00. The fourth-order valence-corrected chi connectivity index (χ4v) is 2.22. The zero-order chi connectivity index (χ0) is 13.1. The van der Waals surface area contributed by atoms with Gasteiger partial charge in [-0.1, -0.05) is 11.6 Å². The molecule has 7 heteroatoms. The molecule has 2 heterocycles. The van der Waals surface area contributed by atoms with Crippen LogP contribution in [0.3, 0.4) is 0 Å². The fourth-order valence-electron chi connectivity index (χ4n) is 1.92. The summed E-state index contributed by atoms with van der Waals surface area (Å²) in [6.07, 6.45) is 1.62. The molecule has 1 aliphatic rings. The van der Waals surface area contributed by atoms with Gasteiger partial charge >= 0.3 is 0 Å². The monoisotopic (exact) mass is 270 g/mol. The highest BCUT2D eigenvalue weighted by Crippen LogP contribution is 2.28. The molecule has 98 valence electrons. The molecule has 0 radical (unpaired) electrons. The second-order valence-corrected chi connectivity index (χ2v) is 4.38. The van der Waals surface area contributed by atoms with Crippen LogP contribution >= 0.6 is 11.6 Å². The average molecular weight is 271 g/mol. The van der Waals surface area contributed by atoms with Gasteiger partial charge in [0.15, 0.2) is 0 Å². The number of hydrogen-bond acceptors (Lipinski definition) is 5. The summed E-state index contributed by atoms with van der Waals surface area (Å²) >= 11 is 6.24. The minimum atomic E-state index is -0.545. The maximum atomic E-state index is 11.4. The van der Waals surface area contributed by atoms with E-state index in [4.69, 9.17) is 27.8 Å². The van der Waals surface area contributed by atoms with E-state index in [1.165, 1.54) is 0 Å². The summed E-state index contributed by atoms with van der Waals surface area (Å²) in [4.78, 5) is 17.4. The number of amides is 1. The van der Waals surface area contributed by atoms with Gasteiger partial charge in [0.2, 0.25) is 5.91 Å². The number of anilines is 1. The lowest BCUT2D eigenvalue weighted by Crippen LogP contribution is -2.53. The van der Waals surface area contributed by atoms with Crippen LogP contribution in [0.25, 0.3) is 0 Å². The van der Waals surface area contributed by atoms with Crippen LogP contribution < -0.4 is 16.4 Å². The molecule has 0 aliphatic carbocycles. The third-order valence-electron chi connectivity index (χ3n) is 2.90. The highest BCUT2D eigenvalue weighted by molar-refractivity contribution is 6.33. The quantitative estimate of drug-likeness (QED) is 0.799. The minimum absolute atomic E-state index is 0.250. The van der Waals surface area contributed by atoms with E-state index in [0.717, 1.165) is 5.56 Å². The second kappa shape index (κ2) is 5.51. The van der Waals surface area contributed by atoms with E-state index in [1.54, 1.807) is 17.2 Å². The summed E-state index contributed by atoms with van der Waals surface area (Å²) in [7, 11) is 0. The van der Waals surface area contributed by atoms with Crippen molar-refractivity contribution in [2.24, 2.45) is 11.5 Å². The summed E-state index contributed by atoms with van der Waals surface area (Å²) in [6.45, 7) is 1.60. The number of ether oxygens (including phenoxy) is 1. The smallest absolute Gasteiger partial charge is 0.242 e. The summed E-state index contributed by atoms with van der Waals surface area (Å²) in [5.74, 6) is 0.0810. The summed E-state index contributed by atoms with van der Waals surface area (Å²) < 4.78 is 5.25. The van der Waals surface area contributed by atoms with Gasteiger partial charge in [-0.15, -0.1) is 0 Å². The number of nitrogens with zero attached hydrogens (tertiary/aromatic N) is 2. The molecule has 6 nitrogen and oxygen atoms in total. The predicted octanol–water partition coefficient (Wildman–Crippen LogP) is -0.116. The van der Waals surface area contributed by atoms with E-state index in [1.807, 2.05) is 0 Å². The average Bonchev–Trinajstić information content (AvgIpc) is 2.39. The molecule has 18 heavy (non-hydrogen) atoms. The molecule has 2 rings (SSSR count). The maximum absolute atomic E-state index is 11.4. The Kier molecular flexibility index (Phi) is 4.00. The van der Waals surface area contributed by atoms with Gasteiger partial charge in [0.1, 0.15) is 11.9 Å². The standard InChI is InChI=1S/C11H15ClN4O2/c12-9-7(5-13)1-2-15-11(9)16-3-4-18-6-8(16)10(14)17/h1-2,8H,3-6,13H2,(H2,14,17). The third-order valence-corrected chi connectivity index (χ3v) is 3.31. The Morgan fingerprint density at radius 2 is 2.44 bits per heavy atom. The van der Waals surface area contributed by atoms with Crippen molar-refractivity contribution in [1.82, 2.24) is 4.98 Å². The number of halogens is 1. The van der Waals surface area contributed by atoms with Crippen LogP contribution in [0.15, 0.2) is 12.3 Å². The molecule has 0 aromatic carbocycles. The molecule has 1 saturated heterocycles. The van der Waals surface area contributed by atoms with E-state index >= 15 is 0 Å². The van der Waals surface area contributed by atoms with Gasteiger partial charge in [0.05, 0.1) is 18.2 Å². The molecule has 1 atom stereocenters. The number of morpholine rings is 1. The number of rotatable bonds is 3. The molecular formula is C11H15ClN4O2. The summed E-state index contributed by atoms with van der Waals surface area (Å²) in [5.41, 5.74) is 11.7. The van der Waals surface area contributed by atoms with Crippen LogP contribution in [0, 0.1) is 0 Å². The Morgan fingerprint density at radius 1 is 1.67 bits per heavy atom. The lowest BCUT2D eigenvalue weighted by molar-refractivity contribution is -0.121. The first-order chi connectivity index (χ1) is 8.65. The number of primary amides is 1. The first-order valence-electron chi connectivity index (χ1n) is 5.62. The van der Waals surface area contributed by atoms with Crippen molar-refractivity contribution < 1.29 is 9.53 Å². The van der Waals surface area contributed by atoms with Crippen molar-refractivity contribution in [1.29, 1.82) is 0 Å². The van der Waals surface area contributed by atoms with Crippen molar-refractivity contribution in [2.75, 3.05) is 24.7 Å². The van der Waals surface area contributed by atoms with E-state index < -0.39 is 11.9 Å². The molecule has 0 bridgehead atoms. The van der Waals surface area contributed by atoms with E-state index in [9.17, 15) is 4.79 Å². The summed E-state index contributed by atoms with van der Waals surface area (Å²) in [6, 6.07) is 1.21. The lowest BCUT2D eigenvalue weighted by Gasteiger charge is -2.35. The van der Waals surface area contributed by atoms with Crippen LogP contribution in [-0.4, -0.2) is 36.7 Å². The molecule has 1 aliphatic heterocycles. The highest BCUT2D eigenvalue weighted by atomic mass is 35.5. The number of pyridine rings is 1. The number of carbonyl (C=O) groups is 1. The number of hydrogen-bond donors (Lipinski definition) is 2. The van der Waals surface area contributed by atoms with Gasteiger partial charge in [-0.25, -0.2) is 4.98 Å². The molecule has 1 aromatic heterocycles. The maximum Gasteiger partial charge on any atom is 0.242 e. The number of carbonyl (C=O) groups excluding carboxylic acids is 1. The van der Waals surface area contributed by atoms with Crippen molar-refractivity contribution in [3.8, 4) is 0 Å². The molecule has 1 aromatic rings. The number of nitrogens with two attached hydrogens (primary N) is 2. The van der Waals surface area contributed by atoms with E-state index in [0.29, 0.717) is 30.5 Å². The SMILES string of the molecule is NCc1ccnc(N2CCOCC2C(N)=O)c1Cl. The Balaban J connectivity index is 2.36. The first kappa shape index (κ1) is 13.1. The fraction of sp³-hybridized carbons (Fsp3) is 0.455. The zero-order valence-electron chi connectivity index (χ0n) is 9.80. The molecule has 0 saturated carbocycles. The molecule has 1 unspecified atom stereocenters. The topological polar surface area (TPSA) is 94.5 Å². The van der Waals surface area contributed by atoms with Crippen LogP contribution in [-0.2, 0) is 16.1 Å². The predicted molar refractivity (Wildman–Crippen MR) is 68.3 cm³/mol. The molecule has 1 fully saturated rings. The van der Waals surface area contributed by atoms with E-state index in [2.05, 4.69) is 4.98 Å². The van der Waals surface area contributed by atoms with Crippen molar-refractivity contribution in [2.45, 2.75) is 12.6 Å². The van der Waals surface area contributed by atoms with Gasteiger partial charge in [-0.2, -0.15) is 0 Å². The number of aromatic nitrogens is 1. The Labute approximate surface area is 110 Å². The van der Waals surface area contributed by atoms with Gasteiger partial charge < -0.3 is 21.1 Å². The Hall–Kier alpha value is -1.37. The van der Waals surface area contributed by atoms with Crippen molar-refractivity contribution >= 4 is 23.3 Å². The normalized spacial score (nSPS) is 19.9. The third kappa shape index (κ3) is 2.40. The van der Waals surface area contributed by atoms with Crippen LogP contribution in [0.4, 0.5) is 5.82 Å². The van der Waals surface area contributed by atoms with Crippen molar-refractivity contribution in [3.05, 3.63) is 22.8 Å². The lowest BCUT2D eigenvalue weighted by atomic mass is 10.2.